The molecule has 0 saturated heterocycles. The third-order valence-electron chi connectivity index (χ3n) is 3.02. The summed E-state index contributed by atoms with van der Waals surface area (Å²) in [7, 11) is 0. The predicted molar refractivity (Wildman–Crippen MR) is 78.9 cm³/mol. The highest BCUT2D eigenvalue weighted by molar-refractivity contribution is 6.31. The van der Waals surface area contributed by atoms with Crippen molar-refractivity contribution < 1.29 is 9.90 Å². The van der Waals surface area contributed by atoms with Crippen molar-refractivity contribution in [2.45, 2.75) is 20.4 Å². The fourth-order valence-corrected chi connectivity index (χ4v) is 2.04. The highest BCUT2D eigenvalue weighted by Gasteiger charge is 2.09. The summed E-state index contributed by atoms with van der Waals surface area (Å²) in [6.45, 7) is 4.46. The van der Waals surface area contributed by atoms with Gasteiger partial charge in [-0.15, -0.1) is 0 Å². The summed E-state index contributed by atoms with van der Waals surface area (Å²) in [6.07, 6.45) is 2.68. The Hall–Kier alpha value is -2.07. The Bertz CT molecular complexity index is 657. The van der Waals surface area contributed by atoms with Gasteiger partial charge in [-0.1, -0.05) is 35.9 Å². The van der Waals surface area contributed by atoms with Gasteiger partial charge in [-0.3, -0.25) is 4.68 Å². The molecule has 20 heavy (non-hydrogen) atoms. The van der Waals surface area contributed by atoms with Crippen molar-refractivity contribution >= 4 is 23.6 Å². The SMILES string of the molecule is Cc1nn(Cc2ccc(C=CC(=O)O)cc2)c(C)c1Cl. The number of aliphatic carboxylic acids is 1. The van der Waals surface area contributed by atoms with Crippen molar-refractivity contribution in [2.24, 2.45) is 0 Å². The minimum absolute atomic E-state index is 0.641. The summed E-state index contributed by atoms with van der Waals surface area (Å²) < 4.78 is 1.86. The van der Waals surface area contributed by atoms with E-state index in [1.165, 1.54) is 0 Å². The van der Waals surface area contributed by atoms with Crippen LogP contribution in [0.2, 0.25) is 5.02 Å². The standard InChI is InChI=1S/C15H15ClN2O2/c1-10-15(16)11(2)18(17-10)9-13-5-3-12(4-6-13)7-8-14(19)20/h3-8H,9H2,1-2H3,(H,19,20). The number of nitrogens with zero attached hydrogens (tertiary/aromatic N) is 2. The molecule has 1 aromatic heterocycles. The molecular weight excluding hydrogens is 276 g/mol. The van der Waals surface area contributed by atoms with Gasteiger partial charge in [-0.2, -0.15) is 5.10 Å². The molecule has 0 aliphatic heterocycles. The number of halogens is 1. The van der Waals surface area contributed by atoms with Crippen LogP contribution in [0.15, 0.2) is 30.3 Å². The van der Waals surface area contributed by atoms with Crippen LogP contribution in [0.3, 0.4) is 0 Å². The van der Waals surface area contributed by atoms with Crippen molar-refractivity contribution in [1.29, 1.82) is 0 Å². The lowest BCUT2D eigenvalue weighted by Gasteiger charge is -2.05. The van der Waals surface area contributed by atoms with Gasteiger partial charge in [-0.25, -0.2) is 4.79 Å². The van der Waals surface area contributed by atoms with Gasteiger partial charge in [-0.05, 0) is 31.1 Å². The second-order valence-electron chi connectivity index (χ2n) is 4.56. The van der Waals surface area contributed by atoms with Gasteiger partial charge in [0.15, 0.2) is 0 Å². The van der Waals surface area contributed by atoms with Crippen LogP contribution < -0.4 is 0 Å². The Kier molecular flexibility index (Phi) is 4.25. The number of carbonyl (C=O) groups is 1. The molecule has 0 fully saturated rings. The van der Waals surface area contributed by atoms with Crippen LogP contribution in [-0.2, 0) is 11.3 Å². The van der Waals surface area contributed by atoms with E-state index in [0.717, 1.165) is 28.6 Å². The van der Waals surface area contributed by atoms with Gasteiger partial charge in [0.05, 0.1) is 23.0 Å². The van der Waals surface area contributed by atoms with Gasteiger partial charge in [0, 0.05) is 6.08 Å². The van der Waals surface area contributed by atoms with E-state index in [1.54, 1.807) is 6.08 Å². The van der Waals surface area contributed by atoms with Gasteiger partial charge in [0.25, 0.3) is 0 Å². The van der Waals surface area contributed by atoms with Crippen LogP contribution in [0.25, 0.3) is 6.08 Å². The van der Waals surface area contributed by atoms with Gasteiger partial charge >= 0.3 is 5.97 Å². The minimum Gasteiger partial charge on any atom is -0.478 e. The largest absolute Gasteiger partial charge is 0.478 e. The Morgan fingerprint density at radius 3 is 2.50 bits per heavy atom. The number of hydrogen-bond acceptors (Lipinski definition) is 2. The van der Waals surface area contributed by atoms with E-state index in [0.29, 0.717) is 11.6 Å². The molecule has 0 aliphatic rings. The number of benzene rings is 1. The van der Waals surface area contributed by atoms with Crippen LogP contribution in [0.4, 0.5) is 0 Å². The molecule has 0 unspecified atom stereocenters. The zero-order chi connectivity index (χ0) is 14.7. The highest BCUT2D eigenvalue weighted by atomic mass is 35.5. The summed E-state index contributed by atoms with van der Waals surface area (Å²) >= 11 is 6.11. The number of aryl methyl sites for hydroxylation is 1. The molecule has 0 spiro atoms. The lowest BCUT2D eigenvalue weighted by Crippen LogP contribution is -2.03. The molecule has 5 heteroatoms. The van der Waals surface area contributed by atoms with Gasteiger partial charge in [0.2, 0.25) is 0 Å². The molecule has 1 N–H and O–H groups in total. The van der Waals surface area contributed by atoms with Crippen LogP contribution in [0.5, 0.6) is 0 Å². The second kappa shape index (κ2) is 5.92. The maximum absolute atomic E-state index is 10.4. The lowest BCUT2D eigenvalue weighted by atomic mass is 10.1. The van der Waals surface area contributed by atoms with Gasteiger partial charge < -0.3 is 5.11 Å². The summed E-state index contributed by atoms with van der Waals surface area (Å²) in [6, 6.07) is 7.65. The lowest BCUT2D eigenvalue weighted by molar-refractivity contribution is -0.131. The van der Waals surface area contributed by atoms with Crippen molar-refractivity contribution in [3.8, 4) is 0 Å². The molecule has 0 radical (unpaired) electrons. The monoisotopic (exact) mass is 290 g/mol. The van der Waals surface area contributed by atoms with Crippen LogP contribution >= 0.6 is 11.6 Å². The summed E-state index contributed by atoms with van der Waals surface area (Å²) in [5.74, 6) is -0.952. The van der Waals surface area contributed by atoms with Crippen LogP contribution in [-0.4, -0.2) is 20.9 Å². The normalized spacial score (nSPS) is 11.2. The maximum atomic E-state index is 10.4. The van der Waals surface area contributed by atoms with Crippen molar-refractivity contribution in [3.63, 3.8) is 0 Å². The van der Waals surface area contributed by atoms with E-state index in [-0.39, 0.29) is 0 Å². The zero-order valence-corrected chi connectivity index (χ0v) is 12.1. The molecule has 0 bridgehead atoms. The van der Waals surface area contributed by atoms with Crippen LogP contribution in [0.1, 0.15) is 22.5 Å². The first-order valence-corrected chi connectivity index (χ1v) is 6.54. The highest BCUT2D eigenvalue weighted by Crippen LogP contribution is 2.20. The number of hydrogen-bond donors (Lipinski definition) is 1. The zero-order valence-electron chi connectivity index (χ0n) is 11.3. The van der Waals surface area contributed by atoms with Crippen molar-refractivity contribution in [1.82, 2.24) is 9.78 Å². The van der Waals surface area contributed by atoms with Crippen molar-refractivity contribution in [3.05, 3.63) is 57.9 Å². The summed E-state index contributed by atoms with van der Waals surface area (Å²) in [4.78, 5) is 10.4. The van der Waals surface area contributed by atoms with Crippen molar-refractivity contribution in [2.75, 3.05) is 0 Å². The van der Waals surface area contributed by atoms with Gasteiger partial charge in [0.1, 0.15) is 0 Å². The quantitative estimate of drug-likeness (QED) is 0.879. The molecule has 0 amide bonds. The first kappa shape index (κ1) is 14.3. The Balaban J connectivity index is 2.14. The molecule has 0 atom stereocenters. The Labute approximate surface area is 122 Å². The Morgan fingerprint density at radius 1 is 1.35 bits per heavy atom. The first-order valence-electron chi connectivity index (χ1n) is 6.17. The average molecular weight is 291 g/mol. The minimum atomic E-state index is -0.952. The number of aromatic nitrogens is 2. The van der Waals surface area contributed by atoms with E-state index >= 15 is 0 Å². The molecule has 2 aromatic rings. The summed E-state index contributed by atoms with van der Waals surface area (Å²) in [5.41, 5.74) is 3.70. The topological polar surface area (TPSA) is 55.1 Å². The van der Waals surface area contributed by atoms with E-state index in [4.69, 9.17) is 16.7 Å². The van der Waals surface area contributed by atoms with E-state index < -0.39 is 5.97 Å². The molecular formula is C15H15ClN2O2. The molecule has 0 aliphatic carbocycles. The fraction of sp³-hybridized carbons (Fsp3) is 0.200. The maximum Gasteiger partial charge on any atom is 0.328 e. The number of rotatable bonds is 4. The average Bonchev–Trinajstić information content (AvgIpc) is 2.65. The molecule has 2 rings (SSSR count). The smallest absolute Gasteiger partial charge is 0.328 e. The Morgan fingerprint density at radius 2 is 2.00 bits per heavy atom. The van der Waals surface area contributed by atoms with E-state index in [1.807, 2.05) is 42.8 Å². The third kappa shape index (κ3) is 3.27. The fourth-order valence-electron chi connectivity index (χ4n) is 1.90. The number of carboxylic acid groups (broad SMARTS) is 1. The van der Waals surface area contributed by atoms with Crippen LogP contribution in [0, 0.1) is 13.8 Å². The number of carboxylic acids is 1. The first-order chi connectivity index (χ1) is 9.47. The second-order valence-corrected chi connectivity index (χ2v) is 4.93. The molecule has 0 saturated carbocycles. The predicted octanol–water partition coefficient (Wildman–Crippen LogP) is 3.30. The third-order valence-corrected chi connectivity index (χ3v) is 3.57. The van der Waals surface area contributed by atoms with E-state index in [9.17, 15) is 4.79 Å². The molecule has 4 nitrogen and oxygen atoms in total. The van der Waals surface area contributed by atoms with E-state index in [2.05, 4.69) is 5.10 Å². The molecule has 1 aromatic carbocycles. The summed E-state index contributed by atoms with van der Waals surface area (Å²) in [5, 5.41) is 13.7. The molecule has 1 heterocycles. The molecule has 104 valence electrons.